The molecule has 0 radical (unpaired) electrons. The van der Waals surface area contributed by atoms with Gasteiger partial charge in [0.1, 0.15) is 5.82 Å². The molecule has 5 nitrogen and oxygen atoms in total. The van der Waals surface area contributed by atoms with Crippen LogP contribution in [0.5, 0.6) is 5.88 Å². The lowest BCUT2D eigenvalue weighted by Crippen LogP contribution is -2.25. The van der Waals surface area contributed by atoms with Crippen LogP contribution in [0.2, 0.25) is 0 Å². The SMILES string of the molecule is COc1nc(NCC2CCCC(O)C2)ccc1N. The van der Waals surface area contributed by atoms with Gasteiger partial charge in [-0.25, -0.2) is 0 Å². The van der Waals surface area contributed by atoms with Crippen LogP contribution >= 0.6 is 0 Å². The number of methoxy groups -OCH3 is 1. The quantitative estimate of drug-likeness (QED) is 0.758. The van der Waals surface area contributed by atoms with Gasteiger partial charge in [-0.15, -0.1) is 0 Å². The molecule has 1 fully saturated rings. The summed E-state index contributed by atoms with van der Waals surface area (Å²) in [6.07, 6.45) is 3.94. The second-order valence-corrected chi connectivity index (χ2v) is 4.86. The van der Waals surface area contributed by atoms with Crippen molar-refractivity contribution in [3.8, 4) is 5.88 Å². The molecule has 100 valence electrons. The van der Waals surface area contributed by atoms with Crippen molar-refractivity contribution in [2.24, 2.45) is 5.92 Å². The van der Waals surface area contributed by atoms with Gasteiger partial charge < -0.3 is 20.9 Å². The van der Waals surface area contributed by atoms with Crippen LogP contribution in [0.4, 0.5) is 11.5 Å². The summed E-state index contributed by atoms with van der Waals surface area (Å²) in [5.41, 5.74) is 6.25. The predicted molar refractivity (Wildman–Crippen MR) is 71.7 cm³/mol. The Morgan fingerprint density at radius 1 is 1.50 bits per heavy atom. The first-order valence-electron chi connectivity index (χ1n) is 6.41. The Labute approximate surface area is 107 Å². The van der Waals surface area contributed by atoms with Crippen molar-refractivity contribution < 1.29 is 9.84 Å². The maximum Gasteiger partial charge on any atom is 0.238 e. The van der Waals surface area contributed by atoms with E-state index in [0.717, 1.165) is 38.0 Å². The van der Waals surface area contributed by atoms with E-state index in [9.17, 15) is 5.11 Å². The van der Waals surface area contributed by atoms with Crippen molar-refractivity contribution in [1.29, 1.82) is 0 Å². The van der Waals surface area contributed by atoms with E-state index in [4.69, 9.17) is 10.5 Å². The van der Waals surface area contributed by atoms with E-state index in [1.165, 1.54) is 0 Å². The zero-order chi connectivity index (χ0) is 13.0. The normalized spacial score (nSPS) is 23.7. The Balaban J connectivity index is 1.89. The number of aromatic nitrogens is 1. The zero-order valence-corrected chi connectivity index (χ0v) is 10.7. The zero-order valence-electron chi connectivity index (χ0n) is 10.7. The highest BCUT2D eigenvalue weighted by Gasteiger charge is 2.19. The molecule has 1 aromatic heterocycles. The molecule has 1 heterocycles. The third kappa shape index (κ3) is 3.26. The number of anilines is 2. The first kappa shape index (κ1) is 13.0. The summed E-state index contributed by atoms with van der Waals surface area (Å²) in [6, 6.07) is 3.63. The monoisotopic (exact) mass is 251 g/mol. The van der Waals surface area contributed by atoms with Gasteiger partial charge in [0.15, 0.2) is 0 Å². The average Bonchev–Trinajstić information content (AvgIpc) is 2.38. The van der Waals surface area contributed by atoms with Crippen LogP contribution in [0.25, 0.3) is 0 Å². The molecule has 4 N–H and O–H groups in total. The molecule has 0 aromatic carbocycles. The Morgan fingerprint density at radius 2 is 2.33 bits per heavy atom. The molecule has 5 heteroatoms. The first-order valence-corrected chi connectivity index (χ1v) is 6.41. The van der Waals surface area contributed by atoms with Crippen LogP contribution in [0.1, 0.15) is 25.7 Å². The second-order valence-electron chi connectivity index (χ2n) is 4.86. The smallest absolute Gasteiger partial charge is 0.238 e. The lowest BCUT2D eigenvalue weighted by Gasteiger charge is -2.26. The minimum Gasteiger partial charge on any atom is -0.479 e. The third-order valence-electron chi connectivity index (χ3n) is 3.41. The molecule has 1 aromatic rings. The van der Waals surface area contributed by atoms with Crippen molar-refractivity contribution in [2.75, 3.05) is 24.7 Å². The summed E-state index contributed by atoms with van der Waals surface area (Å²) >= 11 is 0. The van der Waals surface area contributed by atoms with Gasteiger partial charge in [-0.1, -0.05) is 6.42 Å². The molecular formula is C13H21N3O2. The average molecular weight is 251 g/mol. The number of nitrogen functional groups attached to an aromatic ring is 1. The first-order chi connectivity index (χ1) is 8.69. The molecule has 1 saturated carbocycles. The van der Waals surface area contributed by atoms with Gasteiger partial charge in [-0.2, -0.15) is 4.98 Å². The minimum atomic E-state index is -0.139. The molecule has 2 unspecified atom stereocenters. The fourth-order valence-electron chi connectivity index (χ4n) is 2.41. The molecule has 0 bridgehead atoms. The number of nitrogens with one attached hydrogen (secondary N) is 1. The van der Waals surface area contributed by atoms with Crippen LogP contribution in [0.15, 0.2) is 12.1 Å². The van der Waals surface area contributed by atoms with E-state index in [2.05, 4.69) is 10.3 Å². The van der Waals surface area contributed by atoms with Crippen LogP contribution in [0.3, 0.4) is 0 Å². The number of rotatable bonds is 4. The molecule has 18 heavy (non-hydrogen) atoms. The molecule has 0 aliphatic heterocycles. The highest BCUT2D eigenvalue weighted by atomic mass is 16.5. The number of hydrogen-bond acceptors (Lipinski definition) is 5. The largest absolute Gasteiger partial charge is 0.479 e. The molecule has 0 amide bonds. The maximum atomic E-state index is 9.62. The fraction of sp³-hybridized carbons (Fsp3) is 0.615. The van der Waals surface area contributed by atoms with E-state index in [1.807, 2.05) is 6.07 Å². The summed E-state index contributed by atoms with van der Waals surface area (Å²) < 4.78 is 5.08. The summed E-state index contributed by atoms with van der Waals surface area (Å²) in [6.45, 7) is 0.830. The molecule has 1 aliphatic carbocycles. The summed E-state index contributed by atoms with van der Waals surface area (Å²) in [7, 11) is 1.56. The number of aliphatic hydroxyl groups excluding tert-OH is 1. The van der Waals surface area contributed by atoms with Crippen molar-refractivity contribution in [2.45, 2.75) is 31.8 Å². The maximum absolute atomic E-state index is 9.62. The number of hydrogen-bond donors (Lipinski definition) is 3. The van der Waals surface area contributed by atoms with Gasteiger partial charge in [0, 0.05) is 6.54 Å². The lowest BCUT2D eigenvalue weighted by atomic mass is 9.87. The highest BCUT2D eigenvalue weighted by molar-refractivity contribution is 5.53. The predicted octanol–water partition coefficient (Wildman–Crippen LogP) is 1.64. The van der Waals surface area contributed by atoms with Crippen molar-refractivity contribution in [1.82, 2.24) is 4.98 Å². The van der Waals surface area contributed by atoms with Crippen LogP contribution in [-0.4, -0.2) is 29.8 Å². The summed E-state index contributed by atoms with van der Waals surface area (Å²) in [5.74, 6) is 1.73. The number of ether oxygens (including phenoxy) is 1. The van der Waals surface area contributed by atoms with Gasteiger partial charge in [0.05, 0.1) is 18.9 Å². The molecule has 2 rings (SSSR count). The Kier molecular flexibility index (Phi) is 4.25. The molecule has 2 atom stereocenters. The topological polar surface area (TPSA) is 80.4 Å². The van der Waals surface area contributed by atoms with Gasteiger partial charge in [0.25, 0.3) is 0 Å². The second kappa shape index (κ2) is 5.91. The van der Waals surface area contributed by atoms with Crippen LogP contribution in [-0.2, 0) is 0 Å². The number of aliphatic hydroxyl groups is 1. The van der Waals surface area contributed by atoms with E-state index in [0.29, 0.717) is 17.5 Å². The lowest BCUT2D eigenvalue weighted by molar-refractivity contribution is 0.104. The molecule has 0 saturated heterocycles. The standard InChI is InChI=1S/C13H21N3O2/c1-18-13-11(14)5-6-12(16-13)15-8-9-3-2-4-10(17)7-9/h5-6,9-10,17H,2-4,7-8,14H2,1H3,(H,15,16). The van der Waals surface area contributed by atoms with Gasteiger partial charge >= 0.3 is 0 Å². The van der Waals surface area contributed by atoms with Crippen LogP contribution in [0, 0.1) is 5.92 Å². The Morgan fingerprint density at radius 3 is 3.06 bits per heavy atom. The van der Waals surface area contributed by atoms with Crippen LogP contribution < -0.4 is 15.8 Å². The van der Waals surface area contributed by atoms with Crippen molar-refractivity contribution in [3.05, 3.63) is 12.1 Å². The molecular weight excluding hydrogens is 230 g/mol. The van der Waals surface area contributed by atoms with Crippen molar-refractivity contribution >= 4 is 11.5 Å². The Bertz CT molecular complexity index is 398. The third-order valence-corrected chi connectivity index (χ3v) is 3.41. The van der Waals surface area contributed by atoms with E-state index in [-0.39, 0.29) is 6.10 Å². The van der Waals surface area contributed by atoms with Gasteiger partial charge in [-0.05, 0) is 37.3 Å². The minimum absolute atomic E-state index is 0.139. The summed E-state index contributed by atoms with van der Waals surface area (Å²) in [4.78, 5) is 4.27. The Hall–Kier alpha value is -1.49. The highest BCUT2D eigenvalue weighted by Crippen LogP contribution is 2.25. The van der Waals surface area contributed by atoms with E-state index < -0.39 is 0 Å². The fourth-order valence-corrected chi connectivity index (χ4v) is 2.41. The number of pyridine rings is 1. The van der Waals surface area contributed by atoms with E-state index in [1.54, 1.807) is 13.2 Å². The van der Waals surface area contributed by atoms with E-state index >= 15 is 0 Å². The van der Waals surface area contributed by atoms with Gasteiger partial charge in [-0.3, -0.25) is 0 Å². The summed E-state index contributed by atoms with van der Waals surface area (Å²) in [5, 5.41) is 12.9. The number of nitrogens with zero attached hydrogens (tertiary/aromatic N) is 1. The molecule has 0 spiro atoms. The molecule has 1 aliphatic rings. The van der Waals surface area contributed by atoms with Crippen molar-refractivity contribution in [3.63, 3.8) is 0 Å². The van der Waals surface area contributed by atoms with Gasteiger partial charge in [0.2, 0.25) is 5.88 Å². The number of nitrogens with two attached hydrogens (primary N) is 1.